The van der Waals surface area contributed by atoms with Crippen molar-refractivity contribution in [3.05, 3.63) is 35.7 Å². The smallest absolute Gasteiger partial charge is 0.237 e. The minimum absolute atomic E-state index is 0.117. The van der Waals surface area contributed by atoms with Gasteiger partial charge in [0.2, 0.25) is 5.91 Å². The van der Waals surface area contributed by atoms with Crippen molar-refractivity contribution >= 4 is 23.4 Å². The normalized spacial score (nSPS) is 14.9. The van der Waals surface area contributed by atoms with Gasteiger partial charge in [-0.05, 0) is 44.9 Å². The van der Waals surface area contributed by atoms with Crippen LogP contribution < -0.4 is 5.32 Å². The number of hydrogen-bond donors (Lipinski definition) is 1. The van der Waals surface area contributed by atoms with Crippen molar-refractivity contribution in [1.29, 1.82) is 5.26 Å². The van der Waals surface area contributed by atoms with E-state index in [4.69, 9.17) is 5.26 Å². The molecule has 0 radical (unpaired) electrons. The predicted octanol–water partition coefficient (Wildman–Crippen LogP) is 3.17. The van der Waals surface area contributed by atoms with Gasteiger partial charge in [0.25, 0.3) is 0 Å². The fourth-order valence-corrected chi connectivity index (χ4v) is 3.37. The third kappa shape index (κ3) is 3.60. The van der Waals surface area contributed by atoms with Crippen LogP contribution in [0.4, 0.5) is 5.69 Å². The molecule has 1 aliphatic rings. The molecule has 124 valence electrons. The molecule has 0 unspecified atom stereocenters. The third-order valence-corrected chi connectivity index (χ3v) is 5.00. The fraction of sp³-hybridized carbons (Fsp3) is 0.412. The first-order valence-corrected chi connectivity index (χ1v) is 8.91. The summed E-state index contributed by atoms with van der Waals surface area (Å²) < 4.78 is 2.10. The Morgan fingerprint density at radius 1 is 1.50 bits per heavy atom. The molecule has 1 saturated carbocycles. The summed E-state index contributed by atoms with van der Waals surface area (Å²) in [7, 11) is 0. The second kappa shape index (κ2) is 7.05. The molecule has 1 aromatic carbocycles. The molecule has 0 aliphatic heterocycles. The first-order valence-electron chi connectivity index (χ1n) is 8.03. The molecule has 6 nitrogen and oxygen atoms in total. The van der Waals surface area contributed by atoms with Crippen molar-refractivity contribution < 1.29 is 4.79 Å². The van der Waals surface area contributed by atoms with E-state index in [0.29, 0.717) is 17.2 Å². The molecule has 1 atom stereocenters. The topological polar surface area (TPSA) is 83.6 Å². The molecule has 1 N–H and O–H groups in total. The molecule has 24 heavy (non-hydrogen) atoms. The molecule has 2 aromatic rings. The SMILES string of the molecule is CCn1c(S[C@H](C)C(=O)Nc2cccc(C#N)c2)nnc1C1CC1. The number of carbonyl (C=O) groups excluding carboxylic acids is 1. The van der Waals surface area contributed by atoms with Crippen LogP contribution in [0.2, 0.25) is 0 Å². The van der Waals surface area contributed by atoms with Crippen molar-refractivity contribution in [2.24, 2.45) is 0 Å². The quantitative estimate of drug-likeness (QED) is 0.816. The summed E-state index contributed by atoms with van der Waals surface area (Å²) >= 11 is 1.41. The summed E-state index contributed by atoms with van der Waals surface area (Å²) in [6.45, 7) is 4.72. The maximum absolute atomic E-state index is 12.4. The van der Waals surface area contributed by atoms with E-state index in [0.717, 1.165) is 17.5 Å². The number of benzene rings is 1. The monoisotopic (exact) mass is 341 g/mol. The number of anilines is 1. The Labute approximate surface area is 145 Å². The van der Waals surface area contributed by atoms with Crippen molar-refractivity contribution in [2.45, 2.75) is 49.6 Å². The first-order chi connectivity index (χ1) is 11.6. The molecule has 1 aliphatic carbocycles. The third-order valence-electron chi connectivity index (χ3n) is 3.91. The molecule has 7 heteroatoms. The van der Waals surface area contributed by atoms with Crippen LogP contribution in [-0.4, -0.2) is 25.9 Å². The summed E-state index contributed by atoms with van der Waals surface area (Å²) in [4.78, 5) is 12.4. The highest BCUT2D eigenvalue weighted by Crippen LogP contribution is 2.40. The van der Waals surface area contributed by atoms with E-state index in [9.17, 15) is 4.79 Å². The first kappa shape index (κ1) is 16.5. The molecule has 0 saturated heterocycles. The molecule has 0 bridgehead atoms. The van der Waals surface area contributed by atoms with Gasteiger partial charge in [0.1, 0.15) is 5.82 Å². The van der Waals surface area contributed by atoms with Gasteiger partial charge in [0.15, 0.2) is 5.16 Å². The number of aromatic nitrogens is 3. The van der Waals surface area contributed by atoms with E-state index in [1.165, 1.54) is 24.6 Å². The van der Waals surface area contributed by atoms with Crippen LogP contribution in [0, 0.1) is 11.3 Å². The van der Waals surface area contributed by atoms with E-state index >= 15 is 0 Å². The zero-order valence-electron chi connectivity index (χ0n) is 13.7. The number of nitrogens with one attached hydrogen (secondary N) is 1. The van der Waals surface area contributed by atoms with E-state index in [1.54, 1.807) is 24.3 Å². The molecule has 1 heterocycles. The minimum Gasteiger partial charge on any atom is -0.325 e. The Bertz CT molecular complexity index is 791. The Hall–Kier alpha value is -2.33. The number of hydrogen-bond acceptors (Lipinski definition) is 5. The second-order valence-electron chi connectivity index (χ2n) is 5.80. The van der Waals surface area contributed by atoms with Crippen LogP contribution in [0.3, 0.4) is 0 Å². The Morgan fingerprint density at radius 3 is 2.96 bits per heavy atom. The van der Waals surface area contributed by atoms with Gasteiger partial charge >= 0.3 is 0 Å². The molecular formula is C17H19N5OS. The lowest BCUT2D eigenvalue weighted by Crippen LogP contribution is -2.23. The number of thioether (sulfide) groups is 1. The van der Waals surface area contributed by atoms with Gasteiger partial charge in [-0.15, -0.1) is 10.2 Å². The van der Waals surface area contributed by atoms with Crippen LogP contribution >= 0.6 is 11.8 Å². The summed E-state index contributed by atoms with van der Waals surface area (Å²) in [6, 6.07) is 8.96. The van der Waals surface area contributed by atoms with Crippen molar-refractivity contribution in [2.75, 3.05) is 5.32 Å². The lowest BCUT2D eigenvalue weighted by Gasteiger charge is -2.12. The average molecular weight is 341 g/mol. The number of nitrogens with zero attached hydrogens (tertiary/aromatic N) is 4. The van der Waals surface area contributed by atoms with Crippen LogP contribution in [0.25, 0.3) is 0 Å². The van der Waals surface area contributed by atoms with Crippen LogP contribution in [-0.2, 0) is 11.3 Å². The second-order valence-corrected chi connectivity index (χ2v) is 7.11. The maximum atomic E-state index is 12.4. The maximum Gasteiger partial charge on any atom is 0.237 e. The van der Waals surface area contributed by atoms with Gasteiger partial charge in [-0.2, -0.15) is 5.26 Å². The minimum atomic E-state index is -0.308. The summed E-state index contributed by atoms with van der Waals surface area (Å²) in [5, 5.41) is 20.8. The highest BCUT2D eigenvalue weighted by molar-refractivity contribution is 8.00. The van der Waals surface area contributed by atoms with Crippen LogP contribution in [0.1, 0.15) is 44.0 Å². The highest BCUT2D eigenvalue weighted by Gasteiger charge is 2.30. The molecule has 1 aromatic heterocycles. The molecule has 1 amide bonds. The van der Waals surface area contributed by atoms with Crippen LogP contribution in [0.15, 0.2) is 29.4 Å². The van der Waals surface area contributed by atoms with Gasteiger partial charge in [-0.1, -0.05) is 17.8 Å². The van der Waals surface area contributed by atoms with E-state index in [1.807, 2.05) is 6.92 Å². The zero-order valence-corrected chi connectivity index (χ0v) is 14.5. The number of carbonyl (C=O) groups is 1. The van der Waals surface area contributed by atoms with Gasteiger partial charge in [-0.25, -0.2) is 0 Å². The number of nitriles is 1. The van der Waals surface area contributed by atoms with Gasteiger partial charge < -0.3 is 9.88 Å². The largest absolute Gasteiger partial charge is 0.325 e. The Balaban J connectivity index is 1.67. The lowest BCUT2D eigenvalue weighted by atomic mass is 10.2. The summed E-state index contributed by atoms with van der Waals surface area (Å²) in [5.41, 5.74) is 1.15. The van der Waals surface area contributed by atoms with Crippen LogP contribution in [0.5, 0.6) is 0 Å². The molecule has 1 fully saturated rings. The summed E-state index contributed by atoms with van der Waals surface area (Å²) in [6.07, 6.45) is 2.35. The highest BCUT2D eigenvalue weighted by atomic mass is 32.2. The van der Waals surface area contributed by atoms with Gasteiger partial charge in [0, 0.05) is 18.2 Å². The van der Waals surface area contributed by atoms with Gasteiger partial charge in [0.05, 0.1) is 16.9 Å². The van der Waals surface area contributed by atoms with Crippen molar-refractivity contribution in [1.82, 2.24) is 14.8 Å². The summed E-state index contributed by atoms with van der Waals surface area (Å²) in [5.74, 6) is 1.45. The fourth-order valence-electron chi connectivity index (χ4n) is 2.45. The molecule has 3 rings (SSSR count). The molecular weight excluding hydrogens is 322 g/mol. The molecule has 0 spiro atoms. The predicted molar refractivity (Wildman–Crippen MR) is 92.8 cm³/mol. The van der Waals surface area contributed by atoms with E-state index in [-0.39, 0.29) is 11.2 Å². The Morgan fingerprint density at radius 2 is 2.29 bits per heavy atom. The standard InChI is InChI=1S/C17H19N5OS/c1-3-22-15(13-7-8-13)20-21-17(22)24-11(2)16(23)19-14-6-4-5-12(9-14)10-18/h4-6,9,11,13H,3,7-8H2,1-2H3,(H,19,23)/t11-/m1/s1. The number of rotatable bonds is 6. The van der Waals surface area contributed by atoms with Gasteiger partial charge in [-0.3, -0.25) is 4.79 Å². The lowest BCUT2D eigenvalue weighted by molar-refractivity contribution is -0.115. The Kier molecular flexibility index (Phi) is 4.86. The van der Waals surface area contributed by atoms with E-state index in [2.05, 4.69) is 33.1 Å². The zero-order chi connectivity index (χ0) is 17.1. The van der Waals surface area contributed by atoms with Crippen molar-refractivity contribution in [3.63, 3.8) is 0 Å². The van der Waals surface area contributed by atoms with E-state index < -0.39 is 0 Å². The van der Waals surface area contributed by atoms with Crippen molar-refractivity contribution in [3.8, 4) is 6.07 Å². The number of amides is 1. The average Bonchev–Trinajstić information content (AvgIpc) is 3.36.